The zero-order chi connectivity index (χ0) is 10.8. The summed E-state index contributed by atoms with van der Waals surface area (Å²) in [4.78, 5) is 12.8. The average molecular weight is 219 g/mol. The fourth-order valence-corrected chi connectivity index (χ4v) is 2.66. The SMILES string of the molecule is CC(C)(O)CN1CCSCC1C(=O)O. The molecule has 0 aromatic rings. The topological polar surface area (TPSA) is 60.8 Å². The molecule has 1 aliphatic heterocycles. The van der Waals surface area contributed by atoms with E-state index >= 15 is 0 Å². The van der Waals surface area contributed by atoms with E-state index in [0.29, 0.717) is 12.3 Å². The maximum Gasteiger partial charge on any atom is 0.321 e. The summed E-state index contributed by atoms with van der Waals surface area (Å²) in [6.07, 6.45) is 0. The molecule has 0 saturated carbocycles. The second kappa shape index (κ2) is 4.51. The molecule has 1 unspecified atom stereocenters. The number of rotatable bonds is 3. The highest BCUT2D eigenvalue weighted by molar-refractivity contribution is 7.99. The van der Waals surface area contributed by atoms with Gasteiger partial charge in [0.25, 0.3) is 0 Å². The number of aliphatic hydroxyl groups is 1. The fraction of sp³-hybridized carbons (Fsp3) is 0.889. The van der Waals surface area contributed by atoms with Crippen molar-refractivity contribution in [2.75, 3.05) is 24.6 Å². The van der Waals surface area contributed by atoms with Gasteiger partial charge in [-0.05, 0) is 13.8 Å². The molecule has 14 heavy (non-hydrogen) atoms. The van der Waals surface area contributed by atoms with Gasteiger partial charge in [-0.25, -0.2) is 0 Å². The van der Waals surface area contributed by atoms with Gasteiger partial charge in [-0.3, -0.25) is 9.69 Å². The van der Waals surface area contributed by atoms with Gasteiger partial charge >= 0.3 is 5.97 Å². The monoisotopic (exact) mass is 219 g/mol. The Morgan fingerprint density at radius 1 is 1.64 bits per heavy atom. The van der Waals surface area contributed by atoms with Crippen molar-refractivity contribution in [1.29, 1.82) is 0 Å². The Morgan fingerprint density at radius 2 is 2.29 bits per heavy atom. The van der Waals surface area contributed by atoms with Gasteiger partial charge in [0.05, 0.1) is 5.60 Å². The average Bonchev–Trinajstić information content (AvgIpc) is 2.01. The molecule has 0 radical (unpaired) electrons. The van der Waals surface area contributed by atoms with Crippen LogP contribution in [0.4, 0.5) is 0 Å². The lowest BCUT2D eigenvalue weighted by molar-refractivity contribution is -0.143. The predicted octanol–water partition coefficient (Wildman–Crippen LogP) is 0.259. The molecule has 1 atom stereocenters. The highest BCUT2D eigenvalue weighted by atomic mass is 32.2. The van der Waals surface area contributed by atoms with E-state index in [4.69, 9.17) is 5.11 Å². The summed E-state index contributed by atoms with van der Waals surface area (Å²) in [6, 6.07) is -0.444. The normalized spacial score (nSPS) is 24.9. The van der Waals surface area contributed by atoms with Crippen LogP contribution in [0.25, 0.3) is 0 Å². The Morgan fingerprint density at radius 3 is 2.79 bits per heavy atom. The van der Waals surface area contributed by atoms with Crippen molar-refractivity contribution in [3.05, 3.63) is 0 Å². The molecule has 0 bridgehead atoms. The quantitative estimate of drug-likeness (QED) is 0.713. The Labute approximate surface area is 88.3 Å². The molecule has 2 N–H and O–H groups in total. The summed E-state index contributed by atoms with van der Waals surface area (Å²) >= 11 is 1.66. The number of β-amino-alcohol motifs (C(OH)–C–C–N with tert-alkyl or cyclic N) is 1. The van der Waals surface area contributed by atoms with Crippen molar-refractivity contribution in [1.82, 2.24) is 4.90 Å². The largest absolute Gasteiger partial charge is 0.480 e. The molecule has 4 nitrogen and oxygen atoms in total. The van der Waals surface area contributed by atoms with Crippen LogP contribution >= 0.6 is 11.8 Å². The molecule has 5 heteroatoms. The molecule has 0 aromatic heterocycles. The van der Waals surface area contributed by atoms with Gasteiger partial charge in [0.2, 0.25) is 0 Å². The van der Waals surface area contributed by atoms with Crippen molar-refractivity contribution >= 4 is 17.7 Å². The molecule has 1 saturated heterocycles. The van der Waals surface area contributed by atoms with E-state index in [2.05, 4.69) is 0 Å². The molecule has 1 heterocycles. The van der Waals surface area contributed by atoms with Crippen LogP contribution in [0.1, 0.15) is 13.8 Å². The maximum absolute atomic E-state index is 10.9. The number of hydrogen-bond acceptors (Lipinski definition) is 4. The molecule has 0 amide bonds. The number of carboxylic acids is 1. The smallest absolute Gasteiger partial charge is 0.321 e. The Hall–Kier alpha value is -0.260. The molecule has 0 aromatic carbocycles. The minimum atomic E-state index is -0.824. The van der Waals surface area contributed by atoms with E-state index in [9.17, 15) is 9.90 Å². The van der Waals surface area contributed by atoms with E-state index in [1.54, 1.807) is 25.6 Å². The maximum atomic E-state index is 10.9. The van der Waals surface area contributed by atoms with Gasteiger partial charge in [0, 0.05) is 24.6 Å². The van der Waals surface area contributed by atoms with Crippen LogP contribution in [0.3, 0.4) is 0 Å². The summed E-state index contributed by atoms with van der Waals surface area (Å²) in [7, 11) is 0. The first-order valence-electron chi connectivity index (χ1n) is 4.67. The van der Waals surface area contributed by atoms with Crippen molar-refractivity contribution in [3.63, 3.8) is 0 Å². The second-order valence-electron chi connectivity index (χ2n) is 4.21. The second-order valence-corrected chi connectivity index (χ2v) is 5.36. The molecule has 82 valence electrons. The first-order chi connectivity index (χ1) is 6.40. The molecular formula is C9H17NO3S. The first kappa shape index (κ1) is 11.8. The van der Waals surface area contributed by atoms with Crippen molar-refractivity contribution < 1.29 is 15.0 Å². The number of carboxylic acid groups (broad SMARTS) is 1. The van der Waals surface area contributed by atoms with E-state index in [-0.39, 0.29) is 0 Å². The molecule has 0 aliphatic carbocycles. The highest BCUT2D eigenvalue weighted by Gasteiger charge is 2.31. The van der Waals surface area contributed by atoms with Crippen molar-refractivity contribution in [2.45, 2.75) is 25.5 Å². The molecular weight excluding hydrogens is 202 g/mol. The van der Waals surface area contributed by atoms with Crippen LogP contribution in [-0.2, 0) is 4.79 Å². The third kappa shape index (κ3) is 3.48. The summed E-state index contributed by atoms with van der Waals surface area (Å²) in [5.74, 6) is 0.770. The first-order valence-corrected chi connectivity index (χ1v) is 5.82. The zero-order valence-electron chi connectivity index (χ0n) is 8.56. The van der Waals surface area contributed by atoms with E-state index in [0.717, 1.165) is 12.3 Å². The predicted molar refractivity (Wildman–Crippen MR) is 56.6 cm³/mol. The number of carbonyl (C=O) groups is 1. The number of hydrogen-bond donors (Lipinski definition) is 2. The minimum Gasteiger partial charge on any atom is -0.480 e. The Bertz CT molecular complexity index is 215. The third-order valence-corrected chi connectivity index (χ3v) is 3.14. The molecule has 1 aliphatic rings. The summed E-state index contributed by atoms with van der Waals surface area (Å²) < 4.78 is 0. The van der Waals surface area contributed by atoms with Crippen molar-refractivity contribution in [2.24, 2.45) is 0 Å². The lowest BCUT2D eigenvalue weighted by Crippen LogP contribution is -2.52. The van der Waals surface area contributed by atoms with Gasteiger partial charge in [0.15, 0.2) is 0 Å². The Kier molecular flexibility index (Phi) is 3.80. The number of aliphatic carboxylic acids is 1. The third-order valence-electron chi connectivity index (χ3n) is 2.11. The Balaban J connectivity index is 2.59. The molecule has 1 fully saturated rings. The summed E-state index contributed by atoms with van der Waals surface area (Å²) in [5, 5.41) is 18.6. The van der Waals surface area contributed by atoms with Gasteiger partial charge in [-0.15, -0.1) is 0 Å². The number of thioether (sulfide) groups is 1. The lowest BCUT2D eigenvalue weighted by atomic mass is 10.1. The van der Waals surface area contributed by atoms with Gasteiger partial charge in [-0.1, -0.05) is 0 Å². The van der Waals surface area contributed by atoms with Crippen LogP contribution in [0.2, 0.25) is 0 Å². The van der Waals surface area contributed by atoms with Crippen LogP contribution in [0.5, 0.6) is 0 Å². The van der Waals surface area contributed by atoms with Crippen LogP contribution in [-0.4, -0.2) is 57.3 Å². The lowest BCUT2D eigenvalue weighted by Gasteiger charge is -2.36. The van der Waals surface area contributed by atoms with Crippen LogP contribution in [0, 0.1) is 0 Å². The zero-order valence-corrected chi connectivity index (χ0v) is 9.38. The van der Waals surface area contributed by atoms with E-state index < -0.39 is 17.6 Å². The fourth-order valence-electron chi connectivity index (χ4n) is 1.55. The number of nitrogens with zero attached hydrogens (tertiary/aromatic N) is 1. The molecule has 0 spiro atoms. The van der Waals surface area contributed by atoms with E-state index in [1.807, 2.05) is 4.90 Å². The van der Waals surface area contributed by atoms with E-state index in [1.165, 1.54) is 0 Å². The minimum absolute atomic E-state index is 0.421. The summed E-state index contributed by atoms with van der Waals surface area (Å²) in [6.45, 7) is 4.57. The van der Waals surface area contributed by atoms with Gasteiger partial charge in [0.1, 0.15) is 6.04 Å². The van der Waals surface area contributed by atoms with Crippen LogP contribution < -0.4 is 0 Å². The summed E-state index contributed by atoms with van der Waals surface area (Å²) in [5.41, 5.74) is -0.824. The van der Waals surface area contributed by atoms with Crippen LogP contribution in [0.15, 0.2) is 0 Å². The highest BCUT2D eigenvalue weighted by Crippen LogP contribution is 2.19. The standard InChI is InChI=1S/C9H17NO3S/c1-9(2,13)6-10-3-4-14-5-7(10)8(11)12/h7,13H,3-6H2,1-2H3,(H,11,12). The van der Waals surface area contributed by atoms with Gasteiger partial charge < -0.3 is 10.2 Å². The van der Waals surface area contributed by atoms with Crippen molar-refractivity contribution in [3.8, 4) is 0 Å². The van der Waals surface area contributed by atoms with Gasteiger partial charge in [-0.2, -0.15) is 11.8 Å². The molecule has 1 rings (SSSR count).